The molecule has 210 valence electrons. The van der Waals surface area contributed by atoms with Crippen LogP contribution in [0, 0.1) is 0 Å². The van der Waals surface area contributed by atoms with Gasteiger partial charge in [-0.15, -0.1) is 11.8 Å². The molecule has 0 bridgehead atoms. The molecule has 2 aliphatic heterocycles. The third-order valence-corrected chi connectivity index (χ3v) is 8.62. The van der Waals surface area contributed by atoms with Crippen LogP contribution in [-0.2, 0) is 41.9 Å². The molecular weight excluding hydrogens is 591 g/mol. The summed E-state index contributed by atoms with van der Waals surface area (Å²) in [6, 6.07) is -1.07. The third kappa shape index (κ3) is 5.21. The van der Waals surface area contributed by atoms with Crippen molar-refractivity contribution in [3.63, 3.8) is 0 Å². The molecule has 5 heterocycles. The summed E-state index contributed by atoms with van der Waals surface area (Å²) >= 11 is 3.50. The molecule has 2 atom stereocenters. The number of carbonyl (C=O) groups excluding carboxylic acids is 3. The molecule has 40 heavy (non-hydrogen) atoms. The van der Waals surface area contributed by atoms with E-state index >= 15 is 0 Å². The Labute approximate surface area is 236 Å². The van der Waals surface area contributed by atoms with Crippen LogP contribution in [0.4, 0.5) is 9.52 Å². The zero-order valence-electron chi connectivity index (χ0n) is 20.5. The summed E-state index contributed by atoms with van der Waals surface area (Å²) in [7, 11) is 0. The van der Waals surface area contributed by atoms with Crippen molar-refractivity contribution in [3.05, 3.63) is 40.7 Å². The van der Waals surface area contributed by atoms with E-state index in [9.17, 15) is 28.7 Å². The molecule has 3 aromatic rings. The highest BCUT2D eigenvalue weighted by molar-refractivity contribution is 8.00. The number of ether oxygens (including phenoxy) is 1. The number of β-lactam (4-membered cyclic amide) rings is 1. The highest BCUT2D eigenvalue weighted by Crippen LogP contribution is 2.40. The normalized spacial score (nSPS) is 18.9. The number of amides is 2. The quantitative estimate of drug-likeness (QED) is 0.0909. The summed E-state index contributed by atoms with van der Waals surface area (Å²) < 4.78 is 25.1. The van der Waals surface area contributed by atoms with E-state index in [1.165, 1.54) is 30.0 Å². The number of carboxylic acid groups (broad SMARTS) is 1. The SMILES string of the molecule is CC(=O)OCc1csc2c[n+](CC3=C(C(=O)O)N4C(=O)[C@@H](NC(=O)/C(=N\OCF)c5nsc(N)n5)[C@H]4SC3)cn12. The zero-order valence-corrected chi connectivity index (χ0v) is 22.9. The predicted octanol–water partition coefficient (Wildman–Crippen LogP) is -0.128. The number of carboxylic acids is 1. The maximum atomic E-state index is 13.1. The number of imidazole rings is 1. The summed E-state index contributed by atoms with van der Waals surface area (Å²) in [6.45, 7) is 0.296. The molecule has 15 nitrogen and oxygen atoms in total. The van der Waals surface area contributed by atoms with Crippen LogP contribution in [0.1, 0.15) is 18.4 Å². The molecule has 1 saturated heterocycles. The van der Waals surface area contributed by atoms with Gasteiger partial charge in [-0.2, -0.15) is 13.8 Å². The molecule has 2 aliphatic rings. The lowest BCUT2D eigenvalue weighted by Crippen LogP contribution is -2.71. The number of aromatic nitrogens is 4. The second-order valence-electron chi connectivity index (χ2n) is 8.39. The van der Waals surface area contributed by atoms with Crippen molar-refractivity contribution in [1.82, 2.24) is 24.0 Å². The van der Waals surface area contributed by atoms with Crippen molar-refractivity contribution in [3.8, 4) is 0 Å². The number of fused-ring (bicyclic) bond motifs is 2. The van der Waals surface area contributed by atoms with E-state index in [-0.39, 0.29) is 35.6 Å². The number of aliphatic carboxylic acids is 1. The number of halogens is 1. The number of nitrogens with two attached hydrogens (primary N) is 1. The number of nitrogens with zero attached hydrogens (tertiary/aromatic N) is 6. The van der Waals surface area contributed by atoms with Crippen LogP contribution >= 0.6 is 34.6 Å². The van der Waals surface area contributed by atoms with Gasteiger partial charge in [0.15, 0.2) is 17.4 Å². The number of thioether (sulfide) groups is 1. The maximum Gasteiger partial charge on any atom is 0.352 e. The first kappa shape index (κ1) is 27.5. The van der Waals surface area contributed by atoms with Crippen LogP contribution in [0.25, 0.3) is 4.83 Å². The second-order valence-corrected chi connectivity index (χ2v) is 11.2. The second kappa shape index (κ2) is 11.2. The zero-order chi connectivity index (χ0) is 28.6. The third-order valence-electron chi connectivity index (χ3n) is 5.81. The first-order chi connectivity index (χ1) is 19.2. The fraction of sp³-hybridized carbons (Fsp3) is 0.333. The number of hydrogen-bond acceptors (Lipinski definition) is 13. The lowest BCUT2D eigenvalue weighted by molar-refractivity contribution is -0.687. The van der Waals surface area contributed by atoms with E-state index in [1.54, 1.807) is 10.9 Å². The Kier molecular flexibility index (Phi) is 7.68. The fourth-order valence-corrected chi connectivity index (χ4v) is 6.82. The summed E-state index contributed by atoms with van der Waals surface area (Å²) in [6.07, 6.45) is 3.58. The first-order valence-electron chi connectivity index (χ1n) is 11.3. The number of alkyl halides is 1. The molecule has 1 fully saturated rings. The minimum atomic E-state index is -1.31. The van der Waals surface area contributed by atoms with Gasteiger partial charge in [0.2, 0.25) is 22.7 Å². The molecule has 19 heteroatoms. The number of rotatable bonds is 10. The number of carbonyl (C=O) groups is 4. The lowest BCUT2D eigenvalue weighted by atomic mass is 10.0. The number of nitrogens with one attached hydrogen (secondary N) is 1. The van der Waals surface area contributed by atoms with Crippen LogP contribution in [-0.4, -0.2) is 77.3 Å². The van der Waals surface area contributed by atoms with Crippen LogP contribution in [0.15, 0.2) is 34.3 Å². The van der Waals surface area contributed by atoms with Gasteiger partial charge in [-0.25, -0.2) is 13.8 Å². The Morgan fingerprint density at radius 2 is 2.20 bits per heavy atom. The van der Waals surface area contributed by atoms with Gasteiger partial charge >= 0.3 is 11.9 Å². The van der Waals surface area contributed by atoms with Gasteiger partial charge in [0.25, 0.3) is 18.7 Å². The molecule has 0 aromatic carbocycles. The number of esters is 1. The number of oxime groups is 1. The standard InChI is InChI=1S/C21H19FN8O7S3/c1-9(31)36-4-11-6-38-12-3-28(8-29(11)12)2-10-5-39-19-14(18(33)30(19)15(10)20(34)35)24-17(32)13(26-37-7-22)16-25-21(23)40-27-16/h3,6,8,14,19H,2,4-5,7H2,1H3,(H3-,23,24,25,27,32,34,35)/p+1/b26-13-/t14-,19-/m1/s1. The van der Waals surface area contributed by atoms with E-state index in [1.807, 2.05) is 16.0 Å². The van der Waals surface area contributed by atoms with Gasteiger partial charge in [0.05, 0.1) is 0 Å². The van der Waals surface area contributed by atoms with Crippen molar-refractivity contribution < 1.29 is 42.8 Å². The summed E-state index contributed by atoms with van der Waals surface area (Å²) in [4.78, 5) is 59.5. The largest absolute Gasteiger partial charge is 0.477 e. The van der Waals surface area contributed by atoms with Crippen LogP contribution in [0.2, 0.25) is 0 Å². The van der Waals surface area contributed by atoms with E-state index in [0.717, 1.165) is 27.0 Å². The number of hydrogen-bond donors (Lipinski definition) is 3. The van der Waals surface area contributed by atoms with Gasteiger partial charge in [-0.1, -0.05) is 16.5 Å². The molecule has 0 aliphatic carbocycles. The molecular formula is C21H20FN8O7S3+. The van der Waals surface area contributed by atoms with E-state index in [2.05, 4.69) is 24.7 Å². The molecule has 2 amide bonds. The highest BCUT2D eigenvalue weighted by Gasteiger charge is 2.54. The monoisotopic (exact) mass is 611 g/mol. The Morgan fingerprint density at radius 3 is 2.88 bits per heavy atom. The summed E-state index contributed by atoms with van der Waals surface area (Å²) in [5.74, 6) is -3.16. The van der Waals surface area contributed by atoms with Gasteiger partial charge in [0.1, 0.15) is 29.9 Å². The van der Waals surface area contributed by atoms with Crippen molar-refractivity contribution in [2.24, 2.45) is 5.16 Å². The number of thiazole rings is 1. The Balaban J connectivity index is 1.33. The lowest BCUT2D eigenvalue weighted by Gasteiger charge is -2.49. The van der Waals surface area contributed by atoms with Crippen molar-refractivity contribution in [2.45, 2.75) is 31.5 Å². The smallest absolute Gasteiger partial charge is 0.352 e. The minimum Gasteiger partial charge on any atom is -0.477 e. The predicted molar refractivity (Wildman–Crippen MR) is 139 cm³/mol. The van der Waals surface area contributed by atoms with Crippen molar-refractivity contribution in [2.75, 3.05) is 18.3 Å². The molecule has 3 aromatic heterocycles. The summed E-state index contributed by atoms with van der Waals surface area (Å²) in [5.41, 5.74) is 6.16. The number of anilines is 1. The topological polar surface area (TPSA) is 195 Å². The molecule has 5 rings (SSSR count). The van der Waals surface area contributed by atoms with Crippen LogP contribution in [0.3, 0.4) is 0 Å². The fourth-order valence-electron chi connectivity index (χ4n) is 4.14. The Morgan fingerprint density at radius 1 is 1.40 bits per heavy atom. The van der Waals surface area contributed by atoms with Gasteiger partial charge < -0.3 is 25.7 Å². The average molecular weight is 612 g/mol. The van der Waals surface area contributed by atoms with Crippen molar-refractivity contribution >= 4 is 74.1 Å². The van der Waals surface area contributed by atoms with Gasteiger partial charge in [-0.05, 0) is 0 Å². The first-order valence-corrected chi connectivity index (χ1v) is 14.0. The van der Waals surface area contributed by atoms with Crippen LogP contribution < -0.4 is 15.6 Å². The Hall–Kier alpha value is -4.10. The molecule has 0 saturated carbocycles. The van der Waals surface area contributed by atoms with Gasteiger partial charge in [0, 0.05) is 35.2 Å². The van der Waals surface area contributed by atoms with Crippen molar-refractivity contribution in [1.29, 1.82) is 0 Å². The number of nitrogen functional groups attached to an aromatic ring is 1. The average Bonchev–Trinajstić information content (AvgIpc) is 3.62. The molecule has 0 radical (unpaired) electrons. The minimum absolute atomic E-state index is 0.0369. The molecule has 0 unspecified atom stereocenters. The molecule has 0 spiro atoms. The molecule has 4 N–H and O–H groups in total. The highest BCUT2D eigenvalue weighted by atomic mass is 32.2. The van der Waals surface area contributed by atoms with E-state index in [4.69, 9.17) is 10.5 Å². The van der Waals surface area contributed by atoms with E-state index in [0.29, 0.717) is 5.57 Å². The maximum absolute atomic E-state index is 13.1. The van der Waals surface area contributed by atoms with Crippen LogP contribution in [0.5, 0.6) is 0 Å². The Bertz CT molecular complexity index is 1580. The van der Waals surface area contributed by atoms with Gasteiger partial charge in [-0.3, -0.25) is 19.3 Å². The summed E-state index contributed by atoms with van der Waals surface area (Å²) in [5, 5.41) is 17.1. The van der Waals surface area contributed by atoms with E-state index < -0.39 is 47.7 Å².